The molecule has 2 aliphatic heterocycles. The fraction of sp³-hybridized carbons (Fsp3) is 0.375. The lowest BCUT2D eigenvalue weighted by Crippen LogP contribution is -2.50. The number of carbonyl (C=O) groups excluding carboxylic acids is 1. The summed E-state index contributed by atoms with van der Waals surface area (Å²) in [6, 6.07) is 10.7. The fourth-order valence-electron chi connectivity index (χ4n) is 4.32. The molecule has 1 aromatic heterocycles. The summed E-state index contributed by atoms with van der Waals surface area (Å²) in [5.74, 6) is 2.42. The van der Waals surface area contributed by atoms with Crippen molar-refractivity contribution in [2.75, 3.05) is 51.4 Å². The van der Waals surface area contributed by atoms with E-state index in [1.54, 1.807) is 35.9 Å². The highest BCUT2D eigenvalue weighted by Crippen LogP contribution is 2.33. The summed E-state index contributed by atoms with van der Waals surface area (Å²) in [6.07, 6.45) is 0. The zero-order chi connectivity index (χ0) is 22.9. The smallest absolute Gasteiger partial charge is 0.262 e. The number of ether oxygens (including phenoxy) is 3. The number of carbonyl (C=O) groups is 1. The van der Waals surface area contributed by atoms with E-state index >= 15 is 0 Å². The van der Waals surface area contributed by atoms with Gasteiger partial charge in [-0.3, -0.25) is 14.2 Å². The number of piperazine rings is 1. The first-order valence-electron chi connectivity index (χ1n) is 11.1. The molecule has 3 heterocycles. The quantitative estimate of drug-likeness (QED) is 0.602. The summed E-state index contributed by atoms with van der Waals surface area (Å²) in [7, 11) is 1.58. The molecule has 5 rings (SSSR count). The third-order valence-corrected chi connectivity index (χ3v) is 6.08. The molecule has 0 radical (unpaired) electrons. The van der Waals surface area contributed by atoms with Gasteiger partial charge in [0.1, 0.15) is 19.0 Å². The molecule has 9 heteroatoms. The molecule has 0 spiro atoms. The summed E-state index contributed by atoms with van der Waals surface area (Å²) < 4.78 is 18.2. The van der Waals surface area contributed by atoms with Crippen molar-refractivity contribution >= 4 is 22.8 Å². The minimum absolute atomic E-state index is 0.0309. The van der Waals surface area contributed by atoms with E-state index in [4.69, 9.17) is 19.2 Å². The normalized spacial score (nSPS) is 15.6. The van der Waals surface area contributed by atoms with Gasteiger partial charge in [0.2, 0.25) is 5.95 Å². The maximum atomic E-state index is 13.3. The van der Waals surface area contributed by atoms with Crippen molar-refractivity contribution in [3.8, 4) is 17.2 Å². The van der Waals surface area contributed by atoms with Crippen molar-refractivity contribution < 1.29 is 19.0 Å². The highest BCUT2D eigenvalue weighted by molar-refractivity contribution is 5.94. The van der Waals surface area contributed by atoms with E-state index in [1.807, 2.05) is 24.0 Å². The zero-order valence-corrected chi connectivity index (χ0v) is 18.7. The molecule has 9 nitrogen and oxygen atoms in total. The number of amides is 1. The lowest BCUT2D eigenvalue weighted by atomic mass is 10.1. The highest BCUT2D eigenvalue weighted by Gasteiger charge is 2.26. The van der Waals surface area contributed by atoms with E-state index in [2.05, 4.69) is 4.90 Å². The number of anilines is 1. The minimum Gasteiger partial charge on any atom is -0.497 e. The molecule has 0 unspecified atom stereocenters. The summed E-state index contributed by atoms with van der Waals surface area (Å²) in [5, 5.41) is 0.511. The van der Waals surface area contributed by atoms with Gasteiger partial charge >= 0.3 is 0 Å². The number of aromatic nitrogens is 2. The number of hydrogen-bond acceptors (Lipinski definition) is 7. The topological polar surface area (TPSA) is 86.1 Å². The second-order valence-electron chi connectivity index (χ2n) is 7.99. The molecule has 3 aromatic rings. The first-order valence-corrected chi connectivity index (χ1v) is 11.1. The first kappa shape index (κ1) is 21.1. The van der Waals surface area contributed by atoms with Gasteiger partial charge in [-0.1, -0.05) is 6.07 Å². The Bertz CT molecular complexity index is 1260. The van der Waals surface area contributed by atoms with Crippen molar-refractivity contribution in [1.82, 2.24) is 14.5 Å². The SMILES string of the molecule is CCn1c(N2CCN(C(=O)c3cccc(OC)c3)CC2)nc2cc3c(cc2c1=O)OCCO3. The zero-order valence-electron chi connectivity index (χ0n) is 18.7. The van der Waals surface area contributed by atoms with Gasteiger partial charge in [-0.15, -0.1) is 0 Å². The Hall–Kier alpha value is -3.75. The third kappa shape index (κ3) is 3.83. The number of nitrogens with zero attached hydrogens (tertiary/aromatic N) is 4. The Balaban J connectivity index is 1.40. The van der Waals surface area contributed by atoms with Crippen molar-refractivity contribution in [2.24, 2.45) is 0 Å². The van der Waals surface area contributed by atoms with Gasteiger partial charge in [-0.2, -0.15) is 0 Å². The minimum atomic E-state index is -0.107. The van der Waals surface area contributed by atoms with Crippen LogP contribution in [0.25, 0.3) is 10.9 Å². The molecule has 2 aliphatic rings. The third-order valence-electron chi connectivity index (χ3n) is 6.08. The van der Waals surface area contributed by atoms with Crippen LogP contribution in [0.1, 0.15) is 17.3 Å². The monoisotopic (exact) mass is 450 g/mol. The summed E-state index contributed by atoms with van der Waals surface area (Å²) >= 11 is 0. The molecular formula is C24H26N4O5. The van der Waals surface area contributed by atoms with Crippen LogP contribution in [0.3, 0.4) is 0 Å². The van der Waals surface area contributed by atoms with Crippen LogP contribution in [0.15, 0.2) is 41.2 Å². The lowest BCUT2D eigenvalue weighted by molar-refractivity contribution is 0.0745. The summed E-state index contributed by atoms with van der Waals surface area (Å²) in [5.41, 5.74) is 1.08. The van der Waals surface area contributed by atoms with Crippen LogP contribution < -0.4 is 24.7 Å². The van der Waals surface area contributed by atoms with E-state index in [1.165, 1.54) is 0 Å². The van der Waals surface area contributed by atoms with E-state index < -0.39 is 0 Å². The van der Waals surface area contributed by atoms with Gasteiger partial charge in [0.25, 0.3) is 11.5 Å². The molecule has 1 saturated heterocycles. The maximum absolute atomic E-state index is 13.3. The first-order chi connectivity index (χ1) is 16.1. The van der Waals surface area contributed by atoms with Crippen LogP contribution in [0, 0.1) is 0 Å². The Morgan fingerprint density at radius 1 is 1.06 bits per heavy atom. The summed E-state index contributed by atoms with van der Waals surface area (Å²) in [4.78, 5) is 34.9. The van der Waals surface area contributed by atoms with Gasteiger partial charge in [-0.25, -0.2) is 4.98 Å². The lowest BCUT2D eigenvalue weighted by Gasteiger charge is -2.36. The van der Waals surface area contributed by atoms with Crippen LogP contribution in [-0.2, 0) is 6.54 Å². The Labute approximate surface area is 191 Å². The van der Waals surface area contributed by atoms with Crippen LogP contribution >= 0.6 is 0 Å². The number of methoxy groups -OCH3 is 1. The second kappa shape index (κ2) is 8.65. The molecule has 33 heavy (non-hydrogen) atoms. The number of fused-ring (bicyclic) bond motifs is 2. The Kier molecular flexibility index (Phi) is 5.53. The Morgan fingerprint density at radius 3 is 2.48 bits per heavy atom. The molecule has 1 amide bonds. The van der Waals surface area contributed by atoms with Crippen molar-refractivity contribution in [2.45, 2.75) is 13.5 Å². The predicted octanol–water partition coefficient (Wildman–Crippen LogP) is 2.16. The molecule has 1 fully saturated rings. The number of hydrogen-bond donors (Lipinski definition) is 0. The van der Waals surface area contributed by atoms with Crippen LogP contribution in [0.4, 0.5) is 5.95 Å². The average molecular weight is 450 g/mol. The van der Waals surface area contributed by atoms with E-state index in [-0.39, 0.29) is 11.5 Å². The standard InChI is InChI=1S/C24H26N4O5/c1-3-28-23(30)18-14-20-21(33-12-11-32-20)15-19(18)25-24(28)27-9-7-26(8-10-27)22(29)16-5-4-6-17(13-16)31-2/h4-6,13-15H,3,7-12H2,1-2H3. The summed E-state index contributed by atoms with van der Waals surface area (Å²) in [6.45, 7) is 5.60. The molecule has 0 atom stereocenters. The van der Waals surface area contributed by atoms with Gasteiger partial charge in [-0.05, 0) is 31.2 Å². The molecule has 0 aliphatic carbocycles. The average Bonchev–Trinajstić information content (AvgIpc) is 2.87. The van der Waals surface area contributed by atoms with Gasteiger partial charge in [0.05, 0.1) is 18.0 Å². The van der Waals surface area contributed by atoms with Crippen LogP contribution in [-0.4, -0.2) is 66.9 Å². The predicted molar refractivity (Wildman–Crippen MR) is 124 cm³/mol. The molecular weight excluding hydrogens is 424 g/mol. The maximum Gasteiger partial charge on any atom is 0.262 e. The molecule has 0 N–H and O–H groups in total. The molecule has 2 aromatic carbocycles. The largest absolute Gasteiger partial charge is 0.497 e. The number of benzene rings is 2. The van der Waals surface area contributed by atoms with Crippen molar-refractivity contribution in [1.29, 1.82) is 0 Å². The van der Waals surface area contributed by atoms with Crippen molar-refractivity contribution in [3.05, 3.63) is 52.3 Å². The van der Waals surface area contributed by atoms with Crippen molar-refractivity contribution in [3.63, 3.8) is 0 Å². The van der Waals surface area contributed by atoms with Crippen LogP contribution in [0.5, 0.6) is 17.2 Å². The highest BCUT2D eigenvalue weighted by atomic mass is 16.6. The van der Waals surface area contributed by atoms with Gasteiger partial charge in [0, 0.05) is 44.4 Å². The van der Waals surface area contributed by atoms with Gasteiger partial charge in [0.15, 0.2) is 11.5 Å². The molecule has 0 saturated carbocycles. The number of rotatable bonds is 4. The van der Waals surface area contributed by atoms with E-state index in [0.29, 0.717) is 85.6 Å². The second-order valence-corrected chi connectivity index (χ2v) is 7.99. The van der Waals surface area contributed by atoms with E-state index in [0.717, 1.165) is 0 Å². The molecule has 172 valence electrons. The fourth-order valence-corrected chi connectivity index (χ4v) is 4.32. The van der Waals surface area contributed by atoms with Crippen LogP contribution in [0.2, 0.25) is 0 Å². The van der Waals surface area contributed by atoms with E-state index in [9.17, 15) is 9.59 Å². The van der Waals surface area contributed by atoms with Gasteiger partial charge < -0.3 is 24.0 Å². The Morgan fingerprint density at radius 2 is 1.79 bits per heavy atom. The molecule has 0 bridgehead atoms.